The molecule has 0 fully saturated rings. The molecule has 0 N–H and O–H groups in total. The summed E-state index contributed by atoms with van der Waals surface area (Å²) in [4.78, 5) is 0. The van der Waals surface area contributed by atoms with Gasteiger partial charge >= 0.3 is 0 Å². The molecule has 63 heavy (non-hydrogen) atoms. The van der Waals surface area contributed by atoms with Gasteiger partial charge in [0.25, 0.3) is 0 Å². The Kier molecular flexibility index (Phi) is 10.5. The van der Waals surface area contributed by atoms with Crippen molar-refractivity contribution in [3.05, 3.63) is 238 Å². The molecule has 0 aliphatic carbocycles. The molecule has 6 aromatic heterocycles. The van der Waals surface area contributed by atoms with Crippen LogP contribution in [0.2, 0.25) is 0 Å². The molecular weight excluding hydrogens is 769 g/mol. The van der Waals surface area contributed by atoms with E-state index >= 15 is 0 Å². The number of rotatable bonds is 9. The van der Waals surface area contributed by atoms with Crippen molar-refractivity contribution in [2.75, 3.05) is 0 Å². The van der Waals surface area contributed by atoms with Crippen LogP contribution in [-0.2, 0) is 21.1 Å². The second-order valence-corrected chi connectivity index (χ2v) is 16.2. The minimum Gasteiger partial charge on any atom is -0.208 e. The third kappa shape index (κ3) is 8.56. The van der Waals surface area contributed by atoms with Crippen LogP contribution in [0.15, 0.2) is 238 Å². The first-order valence-electron chi connectivity index (χ1n) is 21.3. The Morgan fingerprint density at radius 1 is 0.190 bits per heavy atom. The lowest BCUT2D eigenvalue weighted by Crippen LogP contribution is -2.29. The maximum absolute atomic E-state index is 2.32. The lowest BCUT2D eigenvalue weighted by molar-refractivity contribution is -0.671. The lowest BCUT2D eigenvalue weighted by atomic mass is 9.93. The van der Waals surface area contributed by atoms with E-state index in [1.165, 1.54) is 50.1 Å². The molecule has 10 aromatic rings. The largest absolute Gasteiger partial charge is 0.210 e. The first-order valence-corrected chi connectivity index (χ1v) is 21.3. The second-order valence-electron chi connectivity index (χ2n) is 16.2. The minimum atomic E-state index is 1.11. The third-order valence-electron chi connectivity index (χ3n) is 11.9. The minimum absolute atomic E-state index is 1.11. The van der Waals surface area contributed by atoms with Gasteiger partial charge in [0.1, 0.15) is 21.1 Å². The van der Waals surface area contributed by atoms with E-state index in [0.29, 0.717) is 0 Å². The number of benzene rings is 4. The fourth-order valence-electron chi connectivity index (χ4n) is 8.06. The van der Waals surface area contributed by atoms with E-state index in [9.17, 15) is 0 Å². The highest BCUT2D eigenvalue weighted by Crippen LogP contribution is 2.34. The van der Waals surface area contributed by atoms with Gasteiger partial charge in [-0.3, -0.25) is 0 Å². The molecule has 6 nitrogen and oxygen atoms in total. The summed E-state index contributed by atoms with van der Waals surface area (Å²) in [5.41, 5.74) is 17.5. The fourth-order valence-corrected chi connectivity index (χ4v) is 8.06. The normalized spacial score (nSPS) is 11.1. The average Bonchev–Trinajstić information content (AvgIpc) is 3.35. The Labute approximate surface area is 369 Å². The van der Waals surface area contributed by atoms with Gasteiger partial charge in [-0.15, -0.1) is 0 Å². The van der Waals surface area contributed by atoms with Crippen molar-refractivity contribution in [1.29, 1.82) is 0 Å². The highest BCUT2D eigenvalue weighted by Gasteiger charge is 2.15. The zero-order valence-corrected chi connectivity index (χ0v) is 35.7. The number of pyridine rings is 6. The van der Waals surface area contributed by atoms with E-state index in [4.69, 9.17) is 0 Å². The summed E-state index contributed by atoms with van der Waals surface area (Å²) in [7, 11) is 6.12. The molecule has 300 valence electrons. The predicted octanol–water partition coefficient (Wildman–Crippen LogP) is 8.99. The zero-order chi connectivity index (χ0) is 42.7. The van der Waals surface area contributed by atoms with Crippen LogP contribution in [0.25, 0.3) is 83.8 Å². The smallest absolute Gasteiger partial charge is 0.208 e. The molecule has 6 heterocycles. The monoisotopic (exact) mass is 816 g/mol. The van der Waals surface area contributed by atoms with Crippen LogP contribution >= 0.6 is 0 Å². The molecule has 0 amide bonds. The van der Waals surface area contributed by atoms with Crippen LogP contribution < -0.4 is 27.4 Å². The van der Waals surface area contributed by atoms with E-state index in [1.54, 1.807) is 0 Å². The molecule has 6 heteroatoms. The summed E-state index contributed by atoms with van der Waals surface area (Å²) in [6.45, 7) is 0. The van der Waals surface area contributed by atoms with Gasteiger partial charge in [0, 0.05) is 109 Å². The average molecular weight is 817 g/mol. The maximum atomic E-state index is 2.32. The summed E-state index contributed by atoms with van der Waals surface area (Å²) in [6, 6.07) is 59.5. The third-order valence-corrected chi connectivity index (χ3v) is 11.9. The molecule has 0 atom stereocenters. The Balaban J connectivity index is 0.951. The van der Waals surface area contributed by atoms with Crippen LogP contribution in [0.5, 0.6) is 0 Å². The Hall–Kier alpha value is -8.22. The standard InChI is InChI=1S/C57H48N6/c1-58-28-16-46(17-29-58)49-22-34-61(35-23-49)55-10-4-43(5-11-55)52-40-53(44-6-12-56(13-7-44)62-36-24-50(25-37-62)47-18-30-59(2)31-19-47)42-54(41-52)45-8-14-57(15-9-45)63-38-26-51(27-39-63)48-20-32-60(3)33-21-48/h4-42H,1-3H3/q+6. The zero-order valence-electron chi connectivity index (χ0n) is 35.7. The fraction of sp³-hybridized carbons (Fsp3) is 0.0526. The van der Waals surface area contributed by atoms with E-state index in [1.807, 2.05) is 21.1 Å². The van der Waals surface area contributed by atoms with E-state index in [2.05, 4.69) is 266 Å². The summed E-state index contributed by atoms with van der Waals surface area (Å²) in [6.07, 6.45) is 25.3. The van der Waals surface area contributed by atoms with Crippen molar-refractivity contribution in [3.8, 4) is 83.8 Å². The predicted molar refractivity (Wildman–Crippen MR) is 247 cm³/mol. The van der Waals surface area contributed by atoms with Crippen LogP contribution in [0.3, 0.4) is 0 Å². The molecule has 0 spiro atoms. The number of hydrogen-bond donors (Lipinski definition) is 0. The molecular formula is C57H48N6+6. The summed E-state index contributed by atoms with van der Waals surface area (Å²) in [5, 5.41) is 0. The van der Waals surface area contributed by atoms with Crippen LogP contribution in [0.1, 0.15) is 0 Å². The number of hydrogen-bond acceptors (Lipinski definition) is 0. The molecule has 0 unspecified atom stereocenters. The van der Waals surface area contributed by atoms with E-state index < -0.39 is 0 Å². The first kappa shape index (κ1) is 38.9. The molecule has 10 rings (SSSR count). The number of aryl methyl sites for hydroxylation is 3. The van der Waals surface area contributed by atoms with Crippen molar-refractivity contribution in [3.63, 3.8) is 0 Å². The van der Waals surface area contributed by atoms with Gasteiger partial charge in [-0.25, -0.2) is 13.7 Å². The van der Waals surface area contributed by atoms with Crippen LogP contribution in [0.4, 0.5) is 0 Å². The highest BCUT2D eigenvalue weighted by atomic mass is 14.9. The molecule has 0 aliphatic heterocycles. The van der Waals surface area contributed by atoms with Crippen molar-refractivity contribution in [1.82, 2.24) is 0 Å². The van der Waals surface area contributed by atoms with Gasteiger partial charge < -0.3 is 0 Å². The molecule has 4 aromatic carbocycles. The van der Waals surface area contributed by atoms with Gasteiger partial charge in [-0.2, -0.15) is 13.7 Å². The summed E-state index contributed by atoms with van der Waals surface area (Å²) < 4.78 is 12.7. The van der Waals surface area contributed by atoms with Gasteiger partial charge in [0.05, 0.1) is 0 Å². The van der Waals surface area contributed by atoms with Crippen LogP contribution in [-0.4, -0.2) is 0 Å². The van der Waals surface area contributed by atoms with Crippen molar-refractivity contribution < 1.29 is 27.4 Å². The van der Waals surface area contributed by atoms with Crippen molar-refractivity contribution in [2.24, 2.45) is 21.1 Å². The molecule has 0 saturated carbocycles. The maximum Gasteiger partial charge on any atom is 0.210 e. The highest BCUT2D eigenvalue weighted by molar-refractivity contribution is 5.81. The topological polar surface area (TPSA) is 23.3 Å². The molecule has 0 radical (unpaired) electrons. The van der Waals surface area contributed by atoms with Crippen molar-refractivity contribution >= 4 is 0 Å². The number of nitrogens with zero attached hydrogens (tertiary/aromatic N) is 6. The van der Waals surface area contributed by atoms with Gasteiger partial charge in [0.2, 0.25) is 17.1 Å². The summed E-state index contributed by atoms with van der Waals surface area (Å²) in [5.74, 6) is 0. The van der Waals surface area contributed by atoms with Gasteiger partial charge in [0.15, 0.2) is 74.4 Å². The van der Waals surface area contributed by atoms with E-state index in [-0.39, 0.29) is 0 Å². The Bertz CT molecular complexity index is 2780. The number of aromatic nitrogens is 6. The molecule has 0 bridgehead atoms. The molecule has 0 saturated heterocycles. The Morgan fingerprint density at radius 3 is 0.571 bits per heavy atom. The molecule has 0 aliphatic rings. The van der Waals surface area contributed by atoms with Gasteiger partial charge in [-0.1, -0.05) is 0 Å². The van der Waals surface area contributed by atoms with E-state index in [0.717, 1.165) is 33.8 Å². The van der Waals surface area contributed by atoms with Crippen LogP contribution in [0, 0.1) is 0 Å². The van der Waals surface area contributed by atoms with Gasteiger partial charge in [-0.05, 0) is 121 Å². The second kappa shape index (κ2) is 17.0. The quantitative estimate of drug-likeness (QED) is 0.130. The van der Waals surface area contributed by atoms with Crippen molar-refractivity contribution in [2.45, 2.75) is 0 Å². The lowest BCUT2D eigenvalue weighted by Gasteiger charge is -2.12. The summed E-state index contributed by atoms with van der Waals surface area (Å²) >= 11 is 0. The first-order chi connectivity index (χ1) is 30.9. The Morgan fingerprint density at radius 2 is 0.365 bits per heavy atom. The SMILES string of the molecule is C[n+]1ccc(-c2cc[n+](-c3ccc(-c4cc(-c5ccc(-[n+]6ccc(-c7cc[n+](C)cc7)cc6)cc5)cc(-c5ccc(-[n+]6ccc(-c7cc[n+](C)cc7)cc6)cc5)c4)cc3)cc2)cc1.